The molecule has 2 bridgehead atoms. The summed E-state index contributed by atoms with van der Waals surface area (Å²) in [7, 11) is 2.21. The molecule has 2 heterocycles. The first-order valence-corrected chi connectivity index (χ1v) is 9.66. The molecule has 1 aromatic carbocycles. The van der Waals surface area contributed by atoms with Gasteiger partial charge in [-0.15, -0.1) is 0 Å². The van der Waals surface area contributed by atoms with E-state index in [-0.39, 0.29) is 6.03 Å². The molecule has 2 atom stereocenters. The van der Waals surface area contributed by atoms with Crippen LogP contribution in [0, 0.1) is 5.92 Å². The summed E-state index contributed by atoms with van der Waals surface area (Å²) in [5.41, 5.74) is 1.06. The Bertz CT molecular complexity index is 617. The van der Waals surface area contributed by atoms with Crippen LogP contribution in [0.5, 0.6) is 5.75 Å². The van der Waals surface area contributed by atoms with Crippen LogP contribution in [0.15, 0.2) is 24.3 Å². The molecule has 1 aliphatic carbocycles. The number of ether oxygens (including phenoxy) is 1. The summed E-state index contributed by atoms with van der Waals surface area (Å²) in [6, 6.07) is 9.27. The molecular weight excluding hydrogens is 314 g/mol. The van der Waals surface area contributed by atoms with Crippen LogP contribution in [0.1, 0.15) is 37.7 Å². The quantitative estimate of drug-likeness (QED) is 0.894. The van der Waals surface area contributed by atoms with Gasteiger partial charge in [0.15, 0.2) is 0 Å². The summed E-state index contributed by atoms with van der Waals surface area (Å²) in [5.74, 6) is 1.64. The number of benzene rings is 1. The fourth-order valence-corrected chi connectivity index (χ4v) is 4.06. The SMILES string of the molecule is CN1C2CCC1CN(C(=O)NCc1ccccc1OCC1CC1)CC2. The monoisotopic (exact) mass is 343 g/mol. The molecule has 5 heteroatoms. The maximum absolute atomic E-state index is 12.7. The molecule has 2 unspecified atom stereocenters. The number of carbonyl (C=O) groups excluding carboxylic acids is 1. The zero-order valence-corrected chi connectivity index (χ0v) is 15.1. The van der Waals surface area contributed by atoms with Crippen molar-refractivity contribution in [1.82, 2.24) is 15.1 Å². The smallest absolute Gasteiger partial charge is 0.317 e. The van der Waals surface area contributed by atoms with Gasteiger partial charge in [0.1, 0.15) is 5.75 Å². The third-order valence-corrected chi connectivity index (χ3v) is 6.01. The number of amides is 2. The Labute approximate surface area is 150 Å². The lowest BCUT2D eigenvalue weighted by Crippen LogP contribution is -2.44. The van der Waals surface area contributed by atoms with E-state index in [0.29, 0.717) is 18.6 Å². The molecule has 3 aliphatic rings. The second kappa shape index (κ2) is 7.24. The van der Waals surface area contributed by atoms with Crippen LogP contribution in [0.25, 0.3) is 0 Å². The maximum atomic E-state index is 12.7. The topological polar surface area (TPSA) is 44.8 Å². The summed E-state index contributed by atoms with van der Waals surface area (Å²) in [5, 5.41) is 3.10. The second-order valence-electron chi connectivity index (χ2n) is 7.81. The molecule has 1 aromatic rings. The van der Waals surface area contributed by atoms with Gasteiger partial charge in [-0.3, -0.25) is 4.90 Å². The van der Waals surface area contributed by atoms with Gasteiger partial charge in [0.2, 0.25) is 0 Å². The average Bonchev–Trinajstić information content (AvgIpc) is 3.38. The summed E-state index contributed by atoms with van der Waals surface area (Å²) < 4.78 is 5.94. The zero-order chi connectivity index (χ0) is 17.2. The highest BCUT2D eigenvalue weighted by Gasteiger charge is 2.35. The van der Waals surface area contributed by atoms with Gasteiger partial charge in [0.25, 0.3) is 0 Å². The molecule has 25 heavy (non-hydrogen) atoms. The molecule has 2 aliphatic heterocycles. The second-order valence-corrected chi connectivity index (χ2v) is 7.81. The third-order valence-electron chi connectivity index (χ3n) is 6.01. The number of para-hydroxylation sites is 1. The van der Waals surface area contributed by atoms with Gasteiger partial charge < -0.3 is 15.0 Å². The van der Waals surface area contributed by atoms with Crippen LogP contribution < -0.4 is 10.1 Å². The first-order chi connectivity index (χ1) is 12.2. The van der Waals surface area contributed by atoms with Crippen molar-refractivity contribution in [2.24, 2.45) is 5.92 Å². The number of rotatable bonds is 5. The van der Waals surface area contributed by atoms with E-state index in [1.165, 1.54) is 25.7 Å². The van der Waals surface area contributed by atoms with E-state index in [1.807, 2.05) is 29.2 Å². The molecule has 0 aromatic heterocycles. The lowest BCUT2D eigenvalue weighted by atomic mass is 10.1. The molecular formula is C20H29N3O2. The number of nitrogens with one attached hydrogen (secondary N) is 1. The first kappa shape index (κ1) is 16.7. The number of fused-ring (bicyclic) bond motifs is 2. The summed E-state index contributed by atoms with van der Waals surface area (Å²) >= 11 is 0. The Morgan fingerprint density at radius 1 is 1.16 bits per heavy atom. The van der Waals surface area contributed by atoms with Crippen molar-refractivity contribution < 1.29 is 9.53 Å². The Hall–Kier alpha value is -1.75. The van der Waals surface area contributed by atoms with Crippen molar-refractivity contribution in [3.05, 3.63) is 29.8 Å². The van der Waals surface area contributed by atoms with Crippen LogP contribution in [0.3, 0.4) is 0 Å². The van der Waals surface area contributed by atoms with Gasteiger partial charge in [-0.1, -0.05) is 18.2 Å². The molecule has 5 nitrogen and oxygen atoms in total. The predicted molar refractivity (Wildman–Crippen MR) is 97.7 cm³/mol. The Morgan fingerprint density at radius 3 is 2.80 bits per heavy atom. The highest BCUT2D eigenvalue weighted by molar-refractivity contribution is 5.74. The largest absolute Gasteiger partial charge is 0.493 e. The van der Waals surface area contributed by atoms with Gasteiger partial charge in [0, 0.05) is 37.3 Å². The van der Waals surface area contributed by atoms with Crippen LogP contribution >= 0.6 is 0 Å². The first-order valence-electron chi connectivity index (χ1n) is 9.66. The van der Waals surface area contributed by atoms with Crippen molar-refractivity contribution in [3.8, 4) is 5.75 Å². The van der Waals surface area contributed by atoms with E-state index in [4.69, 9.17) is 4.74 Å². The van der Waals surface area contributed by atoms with E-state index in [2.05, 4.69) is 17.3 Å². The normalized spacial score (nSPS) is 26.4. The van der Waals surface area contributed by atoms with Crippen LogP contribution in [0.4, 0.5) is 4.79 Å². The molecule has 136 valence electrons. The highest BCUT2D eigenvalue weighted by Crippen LogP contribution is 2.30. The molecule has 2 amide bonds. The molecule has 0 radical (unpaired) electrons. The van der Waals surface area contributed by atoms with Crippen molar-refractivity contribution in [2.75, 3.05) is 26.7 Å². The van der Waals surface area contributed by atoms with Gasteiger partial charge in [-0.2, -0.15) is 0 Å². The number of hydrogen-bond donors (Lipinski definition) is 1. The lowest BCUT2D eigenvalue weighted by molar-refractivity contribution is 0.187. The highest BCUT2D eigenvalue weighted by atomic mass is 16.5. The number of nitrogens with zero attached hydrogens (tertiary/aromatic N) is 2. The third kappa shape index (κ3) is 3.92. The minimum atomic E-state index is 0.0537. The number of likely N-dealkylation sites (N-methyl/N-ethyl adjacent to an activating group) is 1. The van der Waals surface area contributed by atoms with Gasteiger partial charge in [-0.05, 0) is 51.1 Å². The summed E-state index contributed by atoms with van der Waals surface area (Å²) in [6.07, 6.45) is 6.14. The standard InChI is InChI=1S/C20H29N3O2/c1-22-17-8-9-18(22)13-23(11-10-17)20(24)21-12-16-4-2-3-5-19(16)25-14-15-6-7-15/h2-5,15,17-18H,6-14H2,1H3,(H,21,24). The van der Waals surface area contributed by atoms with Gasteiger partial charge in [0.05, 0.1) is 6.61 Å². The molecule has 1 N–H and O–H groups in total. The molecule has 0 spiro atoms. The van der Waals surface area contributed by atoms with Crippen molar-refractivity contribution in [3.63, 3.8) is 0 Å². The fraction of sp³-hybridized carbons (Fsp3) is 0.650. The van der Waals surface area contributed by atoms with Crippen molar-refractivity contribution >= 4 is 6.03 Å². The Morgan fingerprint density at radius 2 is 1.96 bits per heavy atom. The minimum Gasteiger partial charge on any atom is -0.493 e. The van der Waals surface area contributed by atoms with E-state index in [9.17, 15) is 4.79 Å². The van der Waals surface area contributed by atoms with Gasteiger partial charge >= 0.3 is 6.03 Å². The summed E-state index contributed by atoms with van der Waals surface area (Å²) in [4.78, 5) is 17.1. The van der Waals surface area contributed by atoms with Gasteiger partial charge in [-0.25, -0.2) is 4.79 Å². The number of carbonyl (C=O) groups is 1. The van der Waals surface area contributed by atoms with Crippen molar-refractivity contribution in [2.45, 2.75) is 50.7 Å². The molecule has 2 saturated heterocycles. The Kier molecular flexibility index (Phi) is 4.84. The number of urea groups is 1. The van der Waals surface area contributed by atoms with E-state index < -0.39 is 0 Å². The minimum absolute atomic E-state index is 0.0537. The molecule has 4 rings (SSSR count). The van der Waals surface area contributed by atoms with Crippen LogP contribution in [-0.4, -0.2) is 54.7 Å². The summed E-state index contributed by atoms with van der Waals surface area (Å²) in [6.45, 7) is 3.03. The van der Waals surface area contributed by atoms with Crippen molar-refractivity contribution in [1.29, 1.82) is 0 Å². The van der Waals surface area contributed by atoms with Crippen LogP contribution in [-0.2, 0) is 6.54 Å². The average molecular weight is 343 g/mol. The van der Waals surface area contributed by atoms with E-state index >= 15 is 0 Å². The maximum Gasteiger partial charge on any atom is 0.317 e. The zero-order valence-electron chi connectivity index (χ0n) is 15.1. The van der Waals surface area contributed by atoms with E-state index in [0.717, 1.165) is 43.3 Å². The fourth-order valence-electron chi connectivity index (χ4n) is 4.06. The molecule has 1 saturated carbocycles. The number of hydrogen-bond acceptors (Lipinski definition) is 3. The van der Waals surface area contributed by atoms with E-state index in [1.54, 1.807) is 0 Å². The number of likely N-dealkylation sites (tertiary alicyclic amines) is 1. The predicted octanol–water partition coefficient (Wildman–Crippen LogP) is 2.85. The Balaban J connectivity index is 1.32. The van der Waals surface area contributed by atoms with Crippen LogP contribution in [0.2, 0.25) is 0 Å². The lowest BCUT2D eigenvalue weighted by Gasteiger charge is -2.26. The molecule has 3 fully saturated rings.